The van der Waals surface area contributed by atoms with E-state index in [-0.39, 0.29) is 18.4 Å². The summed E-state index contributed by atoms with van der Waals surface area (Å²) in [6, 6.07) is 3.37. The highest BCUT2D eigenvalue weighted by Crippen LogP contribution is 2.13. The van der Waals surface area contributed by atoms with E-state index in [4.69, 9.17) is 4.42 Å². The second-order valence-electron chi connectivity index (χ2n) is 6.46. The van der Waals surface area contributed by atoms with Crippen LogP contribution >= 0.6 is 0 Å². The van der Waals surface area contributed by atoms with Crippen LogP contribution in [0.5, 0.6) is 0 Å². The highest BCUT2D eigenvalue weighted by Gasteiger charge is 2.24. The maximum atomic E-state index is 12.6. The van der Waals surface area contributed by atoms with Gasteiger partial charge in [-0.2, -0.15) is 5.10 Å². The lowest BCUT2D eigenvalue weighted by molar-refractivity contribution is -0.131. The van der Waals surface area contributed by atoms with Crippen molar-refractivity contribution in [3.05, 3.63) is 41.1 Å². The monoisotopic (exact) mass is 344 g/mol. The highest BCUT2D eigenvalue weighted by molar-refractivity contribution is 5.91. The predicted octanol–water partition coefficient (Wildman–Crippen LogP) is 1.78. The molecule has 0 spiro atoms. The van der Waals surface area contributed by atoms with Gasteiger partial charge in [-0.25, -0.2) is 0 Å². The molecule has 3 rings (SSSR count). The van der Waals surface area contributed by atoms with Crippen molar-refractivity contribution in [3.8, 4) is 0 Å². The Morgan fingerprint density at radius 2 is 1.84 bits per heavy atom. The first-order chi connectivity index (χ1) is 12.0. The maximum absolute atomic E-state index is 12.6. The number of rotatable bonds is 3. The summed E-state index contributed by atoms with van der Waals surface area (Å²) in [6.07, 6.45) is 2.26. The van der Waals surface area contributed by atoms with Gasteiger partial charge in [-0.1, -0.05) is 0 Å². The summed E-state index contributed by atoms with van der Waals surface area (Å²) < 4.78 is 6.95. The quantitative estimate of drug-likeness (QED) is 0.851. The van der Waals surface area contributed by atoms with Crippen molar-refractivity contribution in [3.63, 3.8) is 0 Å². The Kier molecular flexibility index (Phi) is 4.92. The molecule has 0 saturated carbocycles. The van der Waals surface area contributed by atoms with Crippen LogP contribution in [0.4, 0.5) is 0 Å². The van der Waals surface area contributed by atoms with Crippen LogP contribution in [-0.4, -0.2) is 57.6 Å². The van der Waals surface area contributed by atoms with E-state index in [1.807, 2.05) is 25.7 Å². The average Bonchev–Trinajstić information content (AvgIpc) is 3.12. The first-order valence-corrected chi connectivity index (χ1v) is 8.58. The fourth-order valence-corrected chi connectivity index (χ4v) is 3.09. The van der Waals surface area contributed by atoms with Gasteiger partial charge in [0, 0.05) is 31.9 Å². The predicted molar refractivity (Wildman–Crippen MR) is 92.2 cm³/mol. The Balaban J connectivity index is 1.61. The number of hydrogen-bond acceptors (Lipinski definition) is 4. The Morgan fingerprint density at radius 1 is 1.12 bits per heavy atom. The number of hydrogen-bond donors (Lipinski definition) is 0. The van der Waals surface area contributed by atoms with Gasteiger partial charge in [0.05, 0.1) is 12.0 Å². The number of nitrogens with zero attached hydrogens (tertiary/aromatic N) is 4. The summed E-state index contributed by atoms with van der Waals surface area (Å²) in [4.78, 5) is 28.6. The van der Waals surface area contributed by atoms with Crippen LogP contribution < -0.4 is 0 Å². The van der Waals surface area contributed by atoms with Crippen LogP contribution in [0.15, 0.2) is 22.8 Å². The molecule has 1 saturated heterocycles. The minimum atomic E-state index is -0.117. The number of furan rings is 1. The molecule has 3 heterocycles. The first-order valence-electron chi connectivity index (χ1n) is 8.58. The normalized spacial score (nSPS) is 15.3. The molecule has 134 valence electrons. The molecule has 1 aliphatic rings. The number of carbonyl (C=O) groups excluding carboxylic acids is 2. The third-order valence-corrected chi connectivity index (χ3v) is 4.90. The largest absolute Gasteiger partial charge is 0.459 e. The lowest BCUT2D eigenvalue weighted by Crippen LogP contribution is -2.38. The zero-order valence-corrected chi connectivity index (χ0v) is 15.0. The molecule has 0 atom stereocenters. The number of aromatic nitrogens is 2. The summed E-state index contributed by atoms with van der Waals surface area (Å²) in [5.41, 5.74) is 3.10. The molecule has 1 aliphatic heterocycles. The molecular formula is C18H24N4O3. The van der Waals surface area contributed by atoms with Crippen LogP contribution in [0.3, 0.4) is 0 Å². The molecule has 7 nitrogen and oxygen atoms in total. The van der Waals surface area contributed by atoms with E-state index in [0.29, 0.717) is 31.9 Å². The van der Waals surface area contributed by atoms with Crippen molar-refractivity contribution in [1.82, 2.24) is 19.6 Å². The van der Waals surface area contributed by atoms with E-state index in [9.17, 15) is 9.59 Å². The van der Waals surface area contributed by atoms with Crippen LogP contribution in [0.1, 0.15) is 33.9 Å². The van der Waals surface area contributed by atoms with E-state index in [2.05, 4.69) is 5.10 Å². The molecular weight excluding hydrogens is 320 g/mol. The molecule has 25 heavy (non-hydrogen) atoms. The molecule has 2 amide bonds. The van der Waals surface area contributed by atoms with Gasteiger partial charge in [-0.15, -0.1) is 0 Å². The van der Waals surface area contributed by atoms with E-state index >= 15 is 0 Å². The van der Waals surface area contributed by atoms with Gasteiger partial charge in [0.2, 0.25) is 5.91 Å². The Hall–Kier alpha value is -2.57. The number of amides is 2. The summed E-state index contributed by atoms with van der Waals surface area (Å²) in [7, 11) is 0. The van der Waals surface area contributed by atoms with Crippen molar-refractivity contribution in [2.75, 3.05) is 26.2 Å². The first kappa shape index (κ1) is 17.3. The average molecular weight is 344 g/mol. The molecule has 2 aromatic rings. The minimum Gasteiger partial charge on any atom is -0.459 e. The highest BCUT2D eigenvalue weighted by atomic mass is 16.3. The van der Waals surface area contributed by atoms with E-state index in [1.165, 1.54) is 6.26 Å². The number of carbonyl (C=O) groups is 2. The smallest absolute Gasteiger partial charge is 0.289 e. The Bertz CT molecular complexity index is 764. The summed E-state index contributed by atoms with van der Waals surface area (Å²) in [5.74, 6) is 0.268. The van der Waals surface area contributed by atoms with Crippen molar-refractivity contribution in [2.45, 2.75) is 33.7 Å². The maximum Gasteiger partial charge on any atom is 0.289 e. The standard InChI is InChI=1S/C18H24N4O3/c1-13-14(2)19-22(15(13)3)12-17(23)20-7-5-8-21(10-9-20)18(24)16-6-4-11-25-16/h4,6,11H,5,7-10,12H2,1-3H3. The fraction of sp³-hybridized carbons (Fsp3) is 0.500. The van der Waals surface area contributed by atoms with Crippen LogP contribution in [-0.2, 0) is 11.3 Å². The van der Waals surface area contributed by atoms with Gasteiger partial charge < -0.3 is 14.2 Å². The lowest BCUT2D eigenvalue weighted by Gasteiger charge is -2.22. The van der Waals surface area contributed by atoms with Crippen molar-refractivity contribution in [2.24, 2.45) is 0 Å². The second-order valence-corrected chi connectivity index (χ2v) is 6.46. The van der Waals surface area contributed by atoms with Gasteiger partial charge in [0.25, 0.3) is 5.91 Å². The molecule has 7 heteroatoms. The Labute approximate surface area is 147 Å². The molecule has 0 aromatic carbocycles. The van der Waals surface area contributed by atoms with Crippen LogP contribution in [0.2, 0.25) is 0 Å². The summed E-state index contributed by atoms with van der Waals surface area (Å²) >= 11 is 0. The Morgan fingerprint density at radius 3 is 2.48 bits per heavy atom. The van der Waals surface area contributed by atoms with Crippen LogP contribution in [0.25, 0.3) is 0 Å². The molecule has 0 unspecified atom stereocenters. The lowest BCUT2D eigenvalue weighted by atomic mass is 10.2. The van der Waals surface area contributed by atoms with Gasteiger partial charge in [-0.05, 0) is 44.9 Å². The molecule has 0 radical (unpaired) electrons. The van der Waals surface area contributed by atoms with Gasteiger partial charge in [0.1, 0.15) is 6.54 Å². The summed E-state index contributed by atoms with van der Waals surface area (Å²) in [6.45, 7) is 8.52. The van der Waals surface area contributed by atoms with E-state index < -0.39 is 0 Å². The third-order valence-electron chi connectivity index (χ3n) is 4.90. The number of aryl methyl sites for hydroxylation is 1. The van der Waals surface area contributed by atoms with E-state index in [0.717, 1.165) is 23.4 Å². The molecule has 0 N–H and O–H groups in total. The van der Waals surface area contributed by atoms with Crippen molar-refractivity contribution >= 4 is 11.8 Å². The topological polar surface area (TPSA) is 71.6 Å². The van der Waals surface area contributed by atoms with Crippen molar-refractivity contribution < 1.29 is 14.0 Å². The molecule has 0 aliphatic carbocycles. The second kappa shape index (κ2) is 7.13. The zero-order valence-electron chi connectivity index (χ0n) is 15.0. The molecule has 2 aromatic heterocycles. The SMILES string of the molecule is Cc1nn(CC(=O)N2CCCN(C(=O)c3ccco3)CC2)c(C)c1C. The fourth-order valence-electron chi connectivity index (χ4n) is 3.09. The third kappa shape index (κ3) is 3.60. The van der Waals surface area contributed by atoms with Crippen molar-refractivity contribution in [1.29, 1.82) is 0 Å². The van der Waals surface area contributed by atoms with E-state index in [1.54, 1.807) is 21.7 Å². The van der Waals surface area contributed by atoms with Gasteiger partial charge in [-0.3, -0.25) is 14.3 Å². The van der Waals surface area contributed by atoms with Gasteiger partial charge in [0.15, 0.2) is 5.76 Å². The molecule has 1 fully saturated rings. The minimum absolute atomic E-state index is 0.0397. The zero-order chi connectivity index (χ0) is 18.0. The van der Waals surface area contributed by atoms with Gasteiger partial charge >= 0.3 is 0 Å². The van der Waals surface area contributed by atoms with Crippen LogP contribution in [0, 0.1) is 20.8 Å². The molecule has 0 bridgehead atoms. The summed E-state index contributed by atoms with van der Waals surface area (Å²) in [5, 5.41) is 4.44.